The van der Waals surface area contributed by atoms with E-state index < -0.39 is 0 Å². The predicted octanol–water partition coefficient (Wildman–Crippen LogP) is 5.78. The van der Waals surface area contributed by atoms with Crippen molar-refractivity contribution in [3.63, 3.8) is 0 Å². The number of allylic oxidation sites excluding steroid dienone is 2. The van der Waals surface area contributed by atoms with Gasteiger partial charge in [-0.25, -0.2) is 4.39 Å². The lowest BCUT2D eigenvalue weighted by molar-refractivity contribution is 0.0235. The Morgan fingerprint density at radius 2 is 1.62 bits per heavy atom. The smallest absolute Gasteiger partial charge is 0.128 e. The first kappa shape index (κ1) is 23.7. The summed E-state index contributed by atoms with van der Waals surface area (Å²) in [7, 11) is 0. The van der Waals surface area contributed by atoms with Crippen LogP contribution in [0.4, 0.5) is 4.39 Å². The fourth-order valence-corrected chi connectivity index (χ4v) is 4.61. The topological polar surface area (TPSA) is 52.9 Å². The molecule has 3 aromatic rings. The van der Waals surface area contributed by atoms with Gasteiger partial charge in [-0.3, -0.25) is 4.90 Å². The minimum absolute atomic E-state index is 0.0691. The van der Waals surface area contributed by atoms with E-state index in [9.17, 15) is 14.6 Å². The number of phenolic OH excluding ortho intramolecular Hbond substituents is 2. The molecule has 3 aromatic carbocycles. The zero-order valence-corrected chi connectivity index (χ0v) is 19.2. The molecule has 0 aromatic heterocycles. The van der Waals surface area contributed by atoms with Crippen molar-refractivity contribution >= 4 is 0 Å². The summed E-state index contributed by atoms with van der Waals surface area (Å²) in [6, 6.07) is 15.3. The average Bonchev–Trinajstić information content (AvgIpc) is 2.83. The van der Waals surface area contributed by atoms with Gasteiger partial charge in [0.2, 0.25) is 0 Å². The number of hydrogen-bond acceptors (Lipinski definition) is 4. The van der Waals surface area contributed by atoms with E-state index >= 15 is 0 Å². The SMILES string of the molecule is C=CCc1ccc(O)c(-c2cc(CC=C)cc(C(c3cccc(F)c3)N3CCOCC3)c2O)c1. The molecule has 1 fully saturated rings. The quantitative estimate of drug-likeness (QED) is 0.419. The summed E-state index contributed by atoms with van der Waals surface area (Å²) < 4.78 is 19.8. The first-order valence-corrected chi connectivity index (χ1v) is 11.5. The summed E-state index contributed by atoms with van der Waals surface area (Å²) in [6.07, 6.45) is 4.84. The lowest BCUT2D eigenvalue weighted by Gasteiger charge is -2.36. The van der Waals surface area contributed by atoms with Gasteiger partial charge in [-0.05, 0) is 65.9 Å². The molecule has 1 heterocycles. The van der Waals surface area contributed by atoms with Gasteiger partial charge in [0.15, 0.2) is 0 Å². The molecule has 0 spiro atoms. The molecule has 4 rings (SSSR count). The maximum Gasteiger partial charge on any atom is 0.128 e. The zero-order chi connectivity index (χ0) is 24.1. The number of ether oxygens (including phenoxy) is 1. The van der Waals surface area contributed by atoms with E-state index in [-0.39, 0.29) is 23.4 Å². The summed E-state index contributed by atoms with van der Waals surface area (Å²) in [5.74, 6) is -0.175. The van der Waals surface area contributed by atoms with Gasteiger partial charge in [0.1, 0.15) is 17.3 Å². The maximum absolute atomic E-state index is 14.3. The number of benzene rings is 3. The number of hydrogen-bond donors (Lipinski definition) is 2. The third-order valence-corrected chi connectivity index (χ3v) is 6.18. The molecular weight excluding hydrogens is 429 g/mol. The highest BCUT2D eigenvalue weighted by Gasteiger charge is 2.29. The van der Waals surface area contributed by atoms with Crippen LogP contribution < -0.4 is 0 Å². The molecular formula is C29H30FNO3. The van der Waals surface area contributed by atoms with Crippen LogP contribution in [0.15, 0.2) is 79.9 Å². The molecule has 34 heavy (non-hydrogen) atoms. The number of aromatic hydroxyl groups is 2. The van der Waals surface area contributed by atoms with Crippen LogP contribution in [-0.4, -0.2) is 41.4 Å². The molecule has 0 bridgehead atoms. The van der Waals surface area contributed by atoms with Gasteiger partial charge < -0.3 is 14.9 Å². The molecule has 0 radical (unpaired) electrons. The molecule has 1 atom stereocenters. The number of nitrogens with zero attached hydrogens (tertiary/aromatic N) is 1. The molecule has 0 aliphatic carbocycles. The summed E-state index contributed by atoms with van der Waals surface area (Å²) >= 11 is 0. The van der Waals surface area contributed by atoms with Crippen LogP contribution in [-0.2, 0) is 17.6 Å². The second-order valence-electron chi connectivity index (χ2n) is 8.52. The van der Waals surface area contributed by atoms with Gasteiger partial charge in [-0.2, -0.15) is 0 Å². The Balaban J connectivity index is 1.93. The van der Waals surface area contributed by atoms with Crippen molar-refractivity contribution in [3.8, 4) is 22.6 Å². The molecule has 0 amide bonds. The molecule has 1 saturated heterocycles. The second-order valence-corrected chi connectivity index (χ2v) is 8.52. The van der Waals surface area contributed by atoms with Gasteiger partial charge in [0.05, 0.1) is 19.3 Å². The fraction of sp³-hybridized carbons (Fsp3) is 0.241. The lowest BCUT2D eigenvalue weighted by atomic mass is 9.89. The van der Waals surface area contributed by atoms with Crippen molar-refractivity contribution in [1.29, 1.82) is 0 Å². The highest BCUT2D eigenvalue weighted by molar-refractivity contribution is 5.78. The first-order chi connectivity index (χ1) is 16.5. The monoisotopic (exact) mass is 459 g/mol. The van der Waals surface area contributed by atoms with E-state index in [0.29, 0.717) is 55.8 Å². The summed E-state index contributed by atoms with van der Waals surface area (Å²) in [6.45, 7) is 10.1. The van der Waals surface area contributed by atoms with Crippen molar-refractivity contribution in [1.82, 2.24) is 4.90 Å². The molecule has 0 saturated carbocycles. The number of halogens is 1. The number of rotatable bonds is 8. The van der Waals surface area contributed by atoms with Gasteiger partial charge in [-0.1, -0.05) is 30.4 Å². The first-order valence-electron chi connectivity index (χ1n) is 11.5. The average molecular weight is 460 g/mol. The molecule has 5 heteroatoms. The largest absolute Gasteiger partial charge is 0.507 e. The van der Waals surface area contributed by atoms with Crippen LogP contribution in [0.25, 0.3) is 11.1 Å². The Kier molecular flexibility index (Phi) is 7.46. The van der Waals surface area contributed by atoms with Crippen LogP contribution in [0, 0.1) is 5.82 Å². The van der Waals surface area contributed by atoms with Gasteiger partial charge >= 0.3 is 0 Å². The van der Waals surface area contributed by atoms with Crippen molar-refractivity contribution < 1.29 is 19.3 Å². The van der Waals surface area contributed by atoms with Crippen LogP contribution in [0.1, 0.15) is 28.3 Å². The van der Waals surface area contributed by atoms with Gasteiger partial charge in [0, 0.05) is 29.8 Å². The minimum atomic E-state index is -0.374. The highest BCUT2D eigenvalue weighted by atomic mass is 19.1. The standard InChI is InChI=1S/C29H30FNO3/c1-3-6-20-10-11-27(32)24(16-20)25-17-21(7-4-2)18-26(29(25)33)28(31-12-14-34-15-13-31)22-8-5-9-23(30)19-22/h3-5,8-11,16-19,28,32-33H,1-2,6-7,12-15H2. The Bertz CT molecular complexity index is 1180. The summed E-state index contributed by atoms with van der Waals surface area (Å²) in [5, 5.41) is 22.3. The van der Waals surface area contributed by atoms with Crippen molar-refractivity contribution in [2.24, 2.45) is 0 Å². The van der Waals surface area contributed by atoms with Crippen LogP contribution >= 0.6 is 0 Å². The molecule has 2 N–H and O–H groups in total. The Labute approximate surface area is 200 Å². The van der Waals surface area contributed by atoms with Crippen LogP contribution in [0.2, 0.25) is 0 Å². The van der Waals surface area contributed by atoms with Crippen LogP contribution in [0.3, 0.4) is 0 Å². The summed E-state index contributed by atoms with van der Waals surface area (Å²) in [5.41, 5.74) is 4.42. The van der Waals surface area contributed by atoms with Crippen molar-refractivity contribution in [3.05, 3.63) is 108 Å². The van der Waals surface area contributed by atoms with Gasteiger partial charge in [0.25, 0.3) is 0 Å². The third-order valence-electron chi connectivity index (χ3n) is 6.18. The van der Waals surface area contributed by atoms with Crippen molar-refractivity contribution in [2.75, 3.05) is 26.3 Å². The molecule has 176 valence electrons. The maximum atomic E-state index is 14.3. The van der Waals surface area contributed by atoms with E-state index in [2.05, 4.69) is 18.1 Å². The van der Waals surface area contributed by atoms with E-state index in [1.165, 1.54) is 12.1 Å². The second kappa shape index (κ2) is 10.7. The normalized spacial score (nSPS) is 15.1. The van der Waals surface area contributed by atoms with E-state index in [0.717, 1.165) is 16.7 Å². The number of morpholine rings is 1. The summed E-state index contributed by atoms with van der Waals surface area (Å²) in [4.78, 5) is 2.20. The molecule has 1 aliphatic rings. The van der Waals surface area contributed by atoms with E-state index in [1.54, 1.807) is 24.3 Å². The Morgan fingerprint density at radius 3 is 2.32 bits per heavy atom. The van der Waals surface area contributed by atoms with Gasteiger partial charge in [-0.15, -0.1) is 13.2 Å². The fourth-order valence-electron chi connectivity index (χ4n) is 4.61. The minimum Gasteiger partial charge on any atom is -0.507 e. The Morgan fingerprint density at radius 1 is 0.912 bits per heavy atom. The number of phenols is 2. The third kappa shape index (κ3) is 5.06. The molecule has 4 nitrogen and oxygen atoms in total. The van der Waals surface area contributed by atoms with Crippen molar-refractivity contribution in [2.45, 2.75) is 18.9 Å². The van der Waals surface area contributed by atoms with Crippen LogP contribution in [0.5, 0.6) is 11.5 Å². The zero-order valence-electron chi connectivity index (χ0n) is 19.2. The molecule has 1 unspecified atom stereocenters. The van der Waals surface area contributed by atoms with E-state index in [4.69, 9.17) is 4.74 Å². The molecule has 1 aliphatic heterocycles. The highest BCUT2D eigenvalue weighted by Crippen LogP contribution is 2.44. The lowest BCUT2D eigenvalue weighted by Crippen LogP contribution is -2.39. The predicted molar refractivity (Wildman–Crippen MR) is 134 cm³/mol. The van der Waals surface area contributed by atoms with E-state index in [1.807, 2.05) is 30.3 Å². The Hall–Kier alpha value is -3.41.